The lowest BCUT2D eigenvalue weighted by atomic mass is 9.84. The number of ether oxygens (including phenoxy) is 3. The number of benzene rings is 1. The molecule has 0 radical (unpaired) electrons. The Morgan fingerprint density at radius 1 is 0.967 bits per heavy atom. The summed E-state index contributed by atoms with van der Waals surface area (Å²) in [6.07, 6.45) is 11.2. The normalized spacial score (nSPS) is 27.2. The molecule has 170 valence electrons. The van der Waals surface area contributed by atoms with Gasteiger partial charge in [-0.15, -0.1) is 0 Å². The van der Waals surface area contributed by atoms with Crippen LogP contribution in [0.15, 0.2) is 12.1 Å². The van der Waals surface area contributed by atoms with E-state index in [1.54, 1.807) is 12.1 Å². The third-order valence-electron chi connectivity index (χ3n) is 6.65. The number of rotatable bonds is 10. The molecule has 2 fully saturated rings. The highest BCUT2D eigenvalue weighted by atomic mass is 19.2. The van der Waals surface area contributed by atoms with Gasteiger partial charge in [0.15, 0.2) is 11.6 Å². The summed E-state index contributed by atoms with van der Waals surface area (Å²) in [6.45, 7) is 5.70. The van der Waals surface area contributed by atoms with Crippen LogP contribution in [0.1, 0.15) is 89.5 Å². The average molecular weight is 425 g/mol. The van der Waals surface area contributed by atoms with Crippen molar-refractivity contribution in [1.82, 2.24) is 0 Å². The molecule has 1 aromatic rings. The van der Waals surface area contributed by atoms with E-state index in [4.69, 9.17) is 14.2 Å². The molecule has 2 atom stereocenters. The van der Waals surface area contributed by atoms with Crippen LogP contribution in [0, 0.1) is 17.6 Å². The Balaban J connectivity index is 1.42. The Kier molecular flexibility index (Phi) is 9.38. The maximum Gasteiger partial charge on any atom is 0.200 e. The Morgan fingerprint density at radius 2 is 1.77 bits per heavy atom. The molecule has 2 aliphatic rings. The highest BCUT2D eigenvalue weighted by Crippen LogP contribution is 2.34. The lowest BCUT2D eigenvalue weighted by Gasteiger charge is -2.32. The topological polar surface area (TPSA) is 27.7 Å². The van der Waals surface area contributed by atoms with Crippen molar-refractivity contribution in [3.8, 4) is 5.75 Å². The molecule has 1 saturated heterocycles. The Morgan fingerprint density at radius 3 is 2.43 bits per heavy atom. The van der Waals surface area contributed by atoms with E-state index in [9.17, 15) is 8.78 Å². The zero-order valence-corrected chi connectivity index (χ0v) is 18.6. The van der Waals surface area contributed by atoms with Gasteiger partial charge >= 0.3 is 0 Å². The van der Waals surface area contributed by atoms with Crippen LogP contribution in [0.25, 0.3) is 0 Å². The van der Waals surface area contributed by atoms with Crippen molar-refractivity contribution in [3.05, 3.63) is 29.3 Å². The largest absolute Gasteiger partial charge is 0.490 e. The molecule has 30 heavy (non-hydrogen) atoms. The molecule has 2 unspecified atom stereocenters. The summed E-state index contributed by atoms with van der Waals surface area (Å²) in [4.78, 5) is 0. The third-order valence-corrected chi connectivity index (χ3v) is 6.65. The van der Waals surface area contributed by atoms with Crippen molar-refractivity contribution >= 4 is 0 Å². The predicted octanol–water partition coefficient (Wildman–Crippen LogP) is 6.78. The molecular weight excluding hydrogens is 386 g/mol. The summed E-state index contributed by atoms with van der Waals surface area (Å²) in [6, 6.07) is 3.20. The summed E-state index contributed by atoms with van der Waals surface area (Å²) >= 11 is 0. The van der Waals surface area contributed by atoms with E-state index in [1.807, 2.05) is 6.92 Å². The molecule has 1 aliphatic heterocycles. The van der Waals surface area contributed by atoms with Crippen LogP contribution in [0.3, 0.4) is 0 Å². The van der Waals surface area contributed by atoms with Crippen molar-refractivity contribution in [2.24, 2.45) is 5.92 Å². The molecular formula is C25H38F2O3. The molecule has 1 saturated carbocycles. The summed E-state index contributed by atoms with van der Waals surface area (Å²) in [5, 5.41) is 0. The van der Waals surface area contributed by atoms with E-state index < -0.39 is 11.6 Å². The minimum absolute atomic E-state index is 0.00126. The highest BCUT2D eigenvalue weighted by Gasteiger charge is 2.28. The van der Waals surface area contributed by atoms with E-state index >= 15 is 0 Å². The molecule has 0 spiro atoms. The minimum atomic E-state index is -0.882. The van der Waals surface area contributed by atoms with Crippen LogP contribution in [-0.4, -0.2) is 32.0 Å². The van der Waals surface area contributed by atoms with Crippen molar-refractivity contribution in [1.29, 1.82) is 0 Å². The van der Waals surface area contributed by atoms with Gasteiger partial charge in [0.1, 0.15) is 0 Å². The molecule has 0 bridgehead atoms. The van der Waals surface area contributed by atoms with Crippen LogP contribution in [0.2, 0.25) is 0 Å². The molecule has 3 nitrogen and oxygen atoms in total. The fourth-order valence-corrected chi connectivity index (χ4v) is 4.72. The molecule has 0 N–H and O–H groups in total. The van der Waals surface area contributed by atoms with Gasteiger partial charge in [-0.2, -0.15) is 4.39 Å². The first-order chi connectivity index (χ1) is 14.6. The summed E-state index contributed by atoms with van der Waals surface area (Å²) in [7, 11) is 0. The second-order valence-electron chi connectivity index (χ2n) is 8.98. The Labute approximate surface area is 180 Å². The van der Waals surface area contributed by atoms with E-state index in [-0.39, 0.29) is 17.8 Å². The second-order valence-corrected chi connectivity index (χ2v) is 8.98. The second kappa shape index (κ2) is 12.0. The molecule has 1 aliphatic carbocycles. The van der Waals surface area contributed by atoms with Crippen LogP contribution in [0.5, 0.6) is 5.75 Å². The van der Waals surface area contributed by atoms with Gasteiger partial charge in [-0.25, -0.2) is 4.39 Å². The molecule has 1 heterocycles. The maximum absolute atomic E-state index is 14.6. The molecule has 3 rings (SSSR count). The van der Waals surface area contributed by atoms with Gasteiger partial charge in [-0.3, -0.25) is 0 Å². The average Bonchev–Trinajstić information content (AvgIpc) is 2.77. The molecule has 0 aromatic heterocycles. The van der Waals surface area contributed by atoms with Crippen molar-refractivity contribution in [3.63, 3.8) is 0 Å². The first-order valence-electron chi connectivity index (χ1n) is 12.0. The van der Waals surface area contributed by atoms with Gasteiger partial charge in [-0.1, -0.05) is 39.2 Å². The zero-order valence-electron chi connectivity index (χ0n) is 18.6. The van der Waals surface area contributed by atoms with Gasteiger partial charge in [-0.05, 0) is 62.5 Å². The van der Waals surface area contributed by atoms with Gasteiger partial charge in [0.05, 0.1) is 32.0 Å². The Hall–Kier alpha value is -1.20. The highest BCUT2D eigenvalue weighted by molar-refractivity contribution is 5.33. The summed E-state index contributed by atoms with van der Waals surface area (Å²) in [5.41, 5.74) is 0.393. The zero-order chi connectivity index (χ0) is 21.3. The van der Waals surface area contributed by atoms with Gasteiger partial charge in [0.2, 0.25) is 5.82 Å². The van der Waals surface area contributed by atoms with Gasteiger partial charge in [0.25, 0.3) is 0 Å². The first kappa shape index (κ1) is 23.5. The van der Waals surface area contributed by atoms with E-state index in [0.29, 0.717) is 31.5 Å². The number of halogens is 2. The monoisotopic (exact) mass is 424 g/mol. The van der Waals surface area contributed by atoms with E-state index in [2.05, 4.69) is 6.92 Å². The standard InChI is InChI=1S/C25H38F2O3/c1-3-5-15-28-23-14-13-22(24(26)25(23)27)19-9-12-21(29-16-19)17-30-20-10-7-18(6-4-2)8-11-20/h13-14,18-21H,3-12,15-17H2,1-2H3. The van der Waals surface area contributed by atoms with Crippen LogP contribution in [0.4, 0.5) is 8.78 Å². The smallest absolute Gasteiger partial charge is 0.200 e. The first-order valence-corrected chi connectivity index (χ1v) is 12.0. The van der Waals surface area contributed by atoms with Crippen LogP contribution < -0.4 is 4.74 Å². The van der Waals surface area contributed by atoms with E-state index in [0.717, 1.165) is 44.4 Å². The van der Waals surface area contributed by atoms with Crippen molar-refractivity contribution in [2.75, 3.05) is 19.8 Å². The molecule has 0 amide bonds. The fourth-order valence-electron chi connectivity index (χ4n) is 4.72. The van der Waals surface area contributed by atoms with Crippen LogP contribution >= 0.6 is 0 Å². The lowest BCUT2D eigenvalue weighted by molar-refractivity contribution is -0.0780. The van der Waals surface area contributed by atoms with Gasteiger partial charge in [0, 0.05) is 5.92 Å². The predicted molar refractivity (Wildman–Crippen MR) is 115 cm³/mol. The summed E-state index contributed by atoms with van der Waals surface area (Å²) < 4.78 is 46.4. The molecule has 1 aromatic carbocycles. The van der Waals surface area contributed by atoms with Crippen LogP contribution in [-0.2, 0) is 9.47 Å². The third kappa shape index (κ3) is 6.40. The van der Waals surface area contributed by atoms with E-state index in [1.165, 1.54) is 25.7 Å². The van der Waals surface area contributed by atoms with Crippen molar-refractivity contribution < 1.29 is 23.0 Å². The quantitative estimate of drug-likeness (QED) is 0.387. The number of hydrogen-bond acceptors (Lipinski definition) is 3. The minimum Gasteiger partial charge on any atom is -0.490 e. The SMILES string of the molecule is CCCCOc1ccc(C2CCC(COC3CCC(CCC)CC3)OC2)c(F)c1F. The number of hydrogen-bond donors (Lipinski definition) is 0. The molecule has 5 heteroatoms. The number of unbranched alkanes of at least 4 members (excludes halogenated alkanes) is 1. The summed E-state index contributed by atoms with van der Waals surface area (Å²) in [5.74, 6) is -0.921. The lowest BCUT2D eigenvalue weighted by Crippen LogP contribution is -2.32. The Bertz CT molecular complexity index is 636. The maximum atomic E-state index is 14.6. The van der Waals surface area contributed by atoms with Gasteiger partial charge < -0.3 is 14.2 Å². The van der Waals surface area contributed by atoms with Crippen molar-refractivity contribution in [2.45, 2.75) is 96.2 Å². The fraction of sp³-hybridized carbons (Fsp3) is 0.760.